The smallest absolute Gasteiger partial charge is 0.146 e. The molecule has 3 nitrogen and oxygen atoms in total. The van der Waals surface area contributed by atoms with Crippen LogP contribution in [0.25, 0.3) is 0 Å². The molecular weight excluding hydrogens is 217 g/mol. The summed E-state index contributed by atoms with van der Waals surface area (Å²) in [5.74, 6) is -0.190. The summed E-state index contributed by atoms with van der Waals surface area (Å²) in [5, 5.41) is 12.1. The second-order valence-electron chi connectivity index (χ2n) is 4.26. The first-order valence-electron chi connectivity index (χ1n) is 5.91. The molecule has 1 N–H and O–H groups in total. The summed E-state index contributed by atoms with van der Waals surface area (Å²) >= 11 is 0. The fourth-order valence-electron chi connectivity index (χ4n) is 2.17. The van der Waals surface area contributed by atoms with E-state index >= 15 is 0 Å². The predicted molar refractivity (Wildman–Crippen MR) is 65.3 cm³/mol. The minimum Gasteiger partial charge on any atom is -0.368 e. The van der Waals surface area contributed by atoms with Gasteiger partial charge in [0.2, 0.25) is 0 Å². The quantitative estimate of drug-likeness (QED) is 0.848. The summed E-state index contributed by atoms with van der Waals surface area (Å²) in [6.45, 7) is 2.40. The van der Waals surface area contributed by atoms with Crippen LogP contribution in [0.4, 0.5) is 10.1 Å². The second kappa shape index (κ2) is 5.65. The van der Waals surface area contributed by atoms with Crippen LogP contribution in [-0.2, 0) is 0 Å². The van der Waals surface area contributed by atoms with Gasteiger partial charge in [-0.2, -0.15) is 5.26 Å². The Hall–Kier alpha value is -1.60. The SMILES string of the molecule is N#CCC1CN(c2ccccc2F)CCCN1. The molecule has 0 spiro atoms. The first kappa shape index (κ1) is 11.9. The maximum absolute atomic E-state index is 13.7. The molecule has 4 heteroatoms. The molecule has 1 saturated heterocycles. The fourth-order valence-corrected chi connectivity index (χ4v) is 2.17. The molecule has 0 aromatic heterocycles. The number of benzene rings is 1. The molecule has 1 aromatic rings. The molecule has 1 heterocycles. The summed E-state index contributed by atoms with van der Waals surface area (Å²) in [6.07, 6.45) is 1.43. The topological polar surface area (TPSA) is 39.1 Å². The molecule has 17 heavy (non-hydrogen) atoms. The molecule has 1 aliphatic rings. The molecule has 0 bridgehead atoms. The molecule has 1 aromatic carbocycles. The van der Waals surface area contributed by atoms with Gasteiger partial charge in [-0.25, -0.2) is 4.39 Å². The van der Waals surface area contributed by atoms with Crippen molar-refractivity contribution in [2.75, 3.05) is 24.5 Å². The molecule has 1 unspecified atom stereocenters. The van der Waals surface area contributed by atoms with Gasteiger partial charge in [0.05, 0.1) is 18.2 Å². The van der Waals surface area contributed by atoms with Crippen molar-refractivity contribution in [3.8, 4) is 6.07 Å². The second-order valence-corrected chi connectivity index (χ2v) is 4.26. The lowest BCUT2D eigenvalue weighted by molar-refractivity contribution is 0.548. The van der Waals surface area contributed by atoms with Crippen LogP contribution in [0.15, 0.2) is 24.3 Å². The van der Waals surface area contributed by atoms with Gasteiger partial charge in [0.25, 0.3) is 0 Å². The normalized spacial score (nSPS) is 20.7. The van der Waals surface area contributed by atoms with Gasteiger partial charge in [0.1, 0.15) is 5.82 Å². The highest BCUT2D eigenvalue weighted by Gasteiger charge is 2.19. The van der Waals surface area contributed by atoms with Crippen molar-refractivity contribution >= 4 is 5.69 Å². The van der Waals surface area contributed by atoms with Gasteiger partial charge in [-0.15, -0.1) is 0 Å². The van der Waals surface area contributed by atoms with Crippen molar-refractivity contribution in [1.29, 1.82) is 5.26 Å². The van der Waals surface area contributed by atoms with Gasteiger partial charge in [0, 0.05) is 19.1 Å². The molecular formula is C13H16FN3. The summed E-state index contributed by atoms with van der Waals surface area (Å²) in [7, 11) is 0. The maximum atomic E-state index is 13.7. The number of nitrogens with zero attached hydrogens (tertiary/aromatic N) is 2. The van der Waals surface area contributed by atoms with Crippen LogP contribution >= 0.6 is 0 Å². The van der Waals surface area contributed by atoms with Crippen molar-refractivity contribution in [1.82, 2.24) is 5.32 Å². The molecule has 0 amide bonds. The zero-order valence-corrected chi connectivity index (χ0v) is 9.69. The van der Waals surface area contributed by atoms with Crippen LogP contribution in [0, 0.1) is 17.1 Å². The lowest BCUT2D eigenvalue weighted by atomic mass is 10.2. The zero-order chi connectivity index (χ0) is 12.1. The monoisotopic (exact) mass is 233 g/mol. The molecule has 0 aliphatic carbocycles. The van der Waals surface area contributed by atoms with E-state index in [1.165, 1.54) is 6.07 Å². The van der Waals surface area contributed by atoms with Crippen LogP contribution < -0.4 is 10.2 Å². The molecule has 0 saturated carbocycles. The fraction of sp³-hybridized carbons (Fsp3) is 0.462. The summed E-state index contributed by atoms with van der Waals surface area (Å²) in [6, 6.07) is 9.11. The third-order valence-electron chi connectivity index (χ3n) is 3.01. The third kappa shape index (κ3) is 2.95. The highest BCUT2D eigenvalue weighted by Crippen LogP contribution is 2.20. The molecule has 1 aliphatic heterocycles. The highest BCUT2D eigenvalue weighted by molar-refractivity contribution is 5.48. The van der Waals surface area contributed by atoms with E-state index in [1.54, 1.807) is 12.1 Å². The number of para-hydroxylation sites is 1. The average molecular weight is 233 g/mol. The Balaban J connectivity index is 2.14. The van der Waals surface area contributed by atoms with Gasteiger partial charge in [0.15, 0.2) is 0 Å². The number of nitriles is 1. The van der Waals surface area contributed by atoms with E-state index < -0.39 is 0 Å². The van der Waals surface area contributed by atoms with E-state index in [4.69, 9.17) is 5.26 Å². The van der Waals surface area contributed by atoms with E-state index in [-0.39, 0.29) is 11.9 Å². The van der Waals surface area contributed by atoms with Gasteiger partial charge in [-0.1, -0.05) is 12.1 Å². The molecule has 1 atom stereocenters. The van der Waals surface area contributed by atoms with Crippen LogP contribution in [0.3, 0.4) is 0 Å². The van der Waals surface area contributed by atoms with Crippen molar-refractivity contribution < 1.29 is 4.39 Å². The number of hydrogen-bond acceptors (Lipinski definition) is 3. The van der Waals surface area contributed by atoms with Crippen molar-refractivity contribution in [3.05, 3.63) is 30.1 Å². The van der Waals surface area contributed by atoms with Crippen LogP contribution in [0.1, 0.15) is 12.8 Å². The summed E-state index contributed by atoms with van der Waals surface area (Å²) < 4.78 is 13.7. The van der Waals surface area contributed by atoms with Crippen LogP contribution in [0.5, 0.6) is 0 Å². The van der Waals surface area contributed by atoms with E-state index in [0.717, 1.165) is 19.5 Å². The largest absolute Gasteiger partial charge is 0.368 e. The first-order chi connectivity index (χ1) is 8.31. The van der Waals surface area contributed by atoms with Gasteiger partial charge in [-0.3, -0.25) is 0 Å². The minimum atomic E-state index is -0.190. The van der Waals surface area contributed by atoms with Crippen molar-refractivity contribution in [3.63, 3.8) is 0 Å². The Morgan fingerprint density at radius 3 is 3.06 bits per heavy atom. The van der Waals surface area contributed by atoms with Crippen LogP contribution in [-0.4, -0.2) is 25.7 Å². The Labute approximate surface area is 101 Å². The Morgan fingerprint density at radius 1 is 1.47 bits per heavy atom. The Kier molecular flexibility index (Phi) is 3.94. The average Bonchev–Trinajstić information content (AvgIpc) is 2.56. The molecule has 90 valence electrons. The molecule has 2 rings (SSSR count). The first-order valence-corrected chi connectivity index (χ1v) is 5.91. The van der Waals surface area contributed by atoms with E-state index in [2.05, 4.69) is 11.4 Å². The van der Waals surface area contributed by atoms with Gasteiger partial charge in [-0.05, 0) is 25.1 Å². The maximum Gasteiger partial charge on any atom is 0.146 e. The zero-order valence-electron chi connectivity index (χ0n) is 9.69. The Bertz CT molecular complexity index is 413. The number of hydrogen-bond donors (Lipinski definition) is 1. The van der Waals surface area contributed by atoms with E-state index in [1.807, 2.05) is 11.0 Å². The van der Waals surface area contributed by atoms with Crippen LogP contribution in [0.2, 0.25) is 0 Å². The number of rotatable bonds is 2. The molecule has 1 fully saturated rings. The number of nitrogens with one attached hydrogen (secondary N) is 1. The van der Waals surface area contributed by atoms with Crippen molar-refractivity contribution in [2.24, 2.45) is 0 Å². The summed E-state index contributed by atoms with van der Waals surface area (Å²) in [5.41, 5.74) is 0.638. The van der Waals surface area contributed by atoms with Gasteiger partial charge >= 0.3 is 0 Å². The van der Waals surface area contributed by atoms with E-state index in [0.29, 0.717) is 18.7 Å². The van der Waals surface area contributed by atoms with Gasteiger partial charge < -0.3 is 10.2 Å². The molecule has 0 radical (unpaired) electrons. The standard InChI is InChI=1S/C13H16FN3/c14-12-4-1-2-5-13(12)17-9-3-8-16-11(10-17)6-7-15/h1-2,4-5,11,16H,3,6,8-10H2. The lowest BCUT2D eigenvalue weighted by Gasteiger charge is -2.25. The Morgan fingerprint density at radius 2 is 2.29 bits per heavy atom. The number of halogens is 1. The predicted octanol–water partition coefficient (Wildman–Crippen LogP) is 1.91. The highest BCUT2D eigenvalue weighted by atomic mass is 19.1. The summed E-state index contributed by atoms with van der Waals surface area (Å²) in [4.78, 5) is 2.03. The minimum absolute atomic E-state index is 0.127. The number of anilines is 1. The van der Waals surface area contributed by atoms with Crippen molar-refractivity contribution in [2.45, 2.75) is 18.9 Å². The lowest BCUT2D eigenvalue weighted by Crippen LogP contribution is -2.37. The third-order valence-corrected chi connectivity index (χ3v) is 3.01. The van der Waals surface area contributed by atoms with E-state index in [9.17, 15) is 4.39 Å².